The molecule has 2 aromatic rings. The molecule has 1 aliphatic heterocycles. The van der Waals surface area contributed by atoms with Crippen molar-refractivity contribution < 1.29 is 0 Å². The minimum Gasteiger partial charge on any atom is -0.262 e. The van der Waals surface area contributed by atoms with Crippen LogP contribution in [-0.4, -0.2) is 6.21 Å². The Balaban J connectivity index is 1.79. The first kappa shape index (κ1) is 14.9. The molecule has 0 amide bonds. The van der Waals surface area contributed by atoms with Crippen molar-refractivity contribution in [1.29, 1.82) is 0 Å². The predicted molar refractivity (Wildman–Crippen MR) is 92.6 cm³/mol. The van der Waals surface area contributed by atoms with Crippen molar-refractivity contribution >= 4 is 39.4 Å². The van der Waals surface area contributed by atoms with Gasteiger partial charge < -0.3 is 0 Å². The molecule has 1 N–H and O–H groups in total. The molecular weight excluding hydrogens is 364 g/mol. The van der Waals surface area contributed by atoms with E-state index in [-0.39, 0.29) is 6.04 Å². The van der Waals surface area contributed by atoms with Crippen LogP contribution in [0.25, 0.3) is 0 Å². The third kappa shape index (κ3) is 3.43. The Morgan fingerprint density at radius 2 is 1.91 bits per heavy atom. The summed E-state index contributed by atoms with van der Waals surface area (Å²) in [5, 5.41) is 8.72. The molecule has 0 saturated carbocycles. The molecule has 0 bridgehead atoms. The second-order valence-corrected chi connectivity index (χ2v) is 5.96. The van der Waals surface area contributed by atoms with E-state index in [1.807, 2.05) is 54.6 Å². The highest BCUT2D eigenvalue weighted by Gasteiger charge is 2.20. The lowest BCUT2D eigenvalue weighted by atomic mass is 10.1. The van der Waals surface area contributed by atoms with Crippen LogP contribution in [0.2, 0.25) is 5.02 Å². The largest absolute Gasteiger partial charge is 0.262 e. The summed E-state index contributed by atoms with van der Waals surface area (Å²) in [7, 11) is 0. The molecule has 0 unspecified atom stereocenters. The molecule has 22 heavy (non-hydrogen) atoms. The lowest BCUT2D eigenvalue weighted by molar-refractivity contribution is 0.859. The number of allylic oxidation sites excluding steroid dienone is 1. The lowest BCUT2D eigenvalue weighted by Crippen LogP contribution is -2.05. The van der Waals surface area contributed by atoms with Crippen molar-refractivity contribution in [2.75, 3.05) is 0 Å². The van der Waals surface area contributed by atoms with E-state index in [0.717, 1.165) is 21.4 Å². The molecule has 1 aliphatic rings. The van der Waals surface area contributed by atoms with Crippen LogP contribution < -0.4 is 5.43 Å². The first-order valence-electron chi connectivity index (χ1n) is 6.64. The summed E-state index contributed by atoms with van der Waals surface area (Å²) in [4.78, 5) is 4.35. The maximum Gasteiger partial charge on any atom is 0.139 e. The first-order chi connectivity index (χ1) is 10.7. The standard InChI is InChI=1S/C16H12BrClN4/c17-12-7-5-11(6-8-12)16-15(20-22-21-16)9-10-19-14-4-2-1-3-13(14)18/h1-10,16H,(H,20,21)/b15-9-,19-10?/t16-/m0/s1. The molecule has 4 nitrogen and oxygen atoms in total. The number of halogens is 2. The van der Waals surface area contributed by atoms with Crippen molar-refractivity contribution in [3.05, 3.63) is 75.4 Å². The number of para-hydroxylation sites is 1. The highest BCUT2D eigenvalue weighted by Crippen LogP contribution is 2.29. The van der Waals surface area contributed by atoms with Gasteiger partial charge in [-0.05, 0) is 35.9 Å². The van der Waals surface area contributed by atoms with Gasteiger partial charge in [0.2, 0.25) is 0 Å². The van der Waals surface area contributed by atoms with Crippen LogP contribution in [0.3, 0.4) is 0 Å². The normalized spacial score (nSPS) is 19.0. The van der Waals surface area contributed by atoms with E-state index in [1.165, 1.54) is 0 Å². The average Bonchev–Trinajstić information content (AvgIpc) is 2.98. The number of aliphatic imine (C=N–C) groups is 1. The molecule has 1 atom stereocenters. The fraction of sp³-hybridized carbons (Fsp3) is 0.0625. The topological polar surface area (TPSA) is 49.1 Å². The predicted octanol–water partition coefficient (Wildman–Crippen LogP) is 5.40. The Hall–Kier alpha value is -1.98. The molecule has 0 aliphatic carbocycles. The van der Waals surface area contributed by atoms with E-state index in [0.29, 0.717) is 5.02 Å². The molecule has 6 heteroatoms. The summed E-state index contributed by atoms with van der Waals surface area (Å²) < 4.78 is 1.03. The Labute approximate surface area is 141 Å². The van der Waals surface area contributed by atoms with Gasteiger partial charge in [-0.15, -0.1) is 0 Å². The van der Waals surface area contributed by atoms with E-state index >= 15 is 0 Å². The maximum atomic E-state index is 6.07. The van der Waals surface area contributed by atoms with Gasteiger partial charge in [0.25, 0.3) is 0 Å². The Morgan fingerprint density at radius 3 is 2.68 bits per heavy atom. The van der Waals surface area contributed by atoms with Crippen LogP contribution in [-0.2, 0) is 0 Å². The van der Waals surface area contributed by atoms with Gasteiger partial charge in [-0.2, -0.15) is 5.11 Å². The van der Waals surface area contributed by atoms with Crippen LogP contribution >= 0.6 is 27.5 Å². The second-order valence-electron chi connectivity index (χ2n) is 4.63. The van der Waals surface area contributed by atoms with E-state index < -0.39 is 0 Å². The zero-order valence-electron chi connectivity index (χ0n) is 11.4. The molecule has 1 heterocycles. The highest BCUT2D eigenvalue weighted by molar-refractivity contribution is 9.10. The van der Waals surface area contributed by atoms with Crippen LogP contribution in [0.4, 0.5) is 5.69 Å². The summed E-state index contributed by atoms with van der Waals surface area (Å²) in [6.07, 6.45) is 3.56. The minimum absolute atomic E-state index is 0.134. The Bertz CT molecular complexity index is 753. The van der Waals surface area contributed by atoms with Crippen molar-refractivity contribution in [2.24, 2.45) is 15.3 Å². The minimum atomic E-state index is -0.134. The zero-order valence-corrected chi connectivity index (χ0v) is 13.8. The fourth-order valence-corrected chi connectivity index (χ4v) is 2.49. The highest BCUT2D eigenvalue weighted by atomic mass is 79.9. The summed E-state index contributed by atoms with van der Waals surface area (Å²) >= 11 is 9.49. The van der Waals surface area contributed by atoms with Gasteiger partial charge in [0.15, 0.2) is 0 Å². The summed E-state index contributed by atoms with van der Waals surface area (Å²) in [6, 6.07) is 15.3. The monoisotopic (exact) mass is 374 g/mol. The van der Waals surface area contributed by atoms with Gasteiger partial charge in [-0.25, -0.2) is 0 Å². The second kappa shape index (κ2) is 6.85. The van der Waals surface area contributed by atoms with E-state index in [9.17, 15) is 0 Å². The number of hydrogen-bond acceptors (Lipinski definition) is 4. The van der Waals surface area contributed by atoms with E-state index in [1.54, 1.807) is 6.21 Å². The van der Waals surface area contributed by atoms with Crippen molar-refractivity contribution in [3.63, 3.8) is 0 Å². The fourth-order valence-electron chi connectivity index (χ4n) is 2.04. The number of nitrogens with one attached hydrogen (secondary N) is 1. The smallest absolute Gasteiger partial charge is 0.139 e. The third-order valence-electron chi connectivity index (χ3n) is 3.15. The average molecular weight is 376 g/mol. The van der Waals surface area contributed by atoms with Gasteiger partial charge in [0, 0.05) is 10.7 Å². The van der Waals surface area contributed by atoms with E-state index in [2.05, 4.69) is 36.7 Å². The molecular formula is C16H12BrClN4. The Kier molecular flexibility index (Phi) is 4.65. The molecule has 0 saturated heterocycles. The molecule has 0 spiro atoms. The SMILES string of the molecule is Clc1ccccc1N=C/C=C1\NN=N[C@H]1c1ccc(Br)cc1. The van der Waals surface area contributed by atoms with Gasteiger partial charge in [0.1, 0.15) is 6.04 Å². The molecule has 0 aromatic heterocycles. The lowest BCUT2D eigenvalue weighted by Gasteiger charge is -2.07. The molecule has 3 rings (SSSR count). The molecule has 0 fully saturated rings. The van der Waals surface area contributed by atoms with Crippen LogP contribution in [0.15, 0.2) is 80.1 Å². The summed E-state index contributed by atoms with van der Waals surface area (Å²) in [6.45, 7) is 0. The maximum absolute atomic E-state index is 6.07. The van der Waals surface area contributed by atoms with Gasteiger partial charge >= 0.3 is 0 Å². The molecule has 2 aromatic carbocycles. The zero-order chi connectivity index (χ0) is 15.4. The quantitative estimate of drug-likeness (QED) is 0.717. The van der Waals surface area contributed by atoms with Crippen LogP contribution in [0.5, 0.6) is 0 Å². The number of hydrogen-bond donors (Lipinski definition) is 1. The van der Waals surface area contributed by atoms with Crippen molar-refractivity contribution in [3.8, 4) is 0 Å². The van der Waals surface area contributed by atoms with Crippen molar-refractivity contribution in [2.45, 2.75) is 6.04 Å². The van der Waals surface area contributed by atoms with Gasteiger partial charge in [0.05, 0.1) is 16.4 Å². The van der Waals surface area contributed by atoms with Gasteiger partial charge in [-0.1, -0.05) is 57.0 Å². The number of benzene rings is 2. The van der Waals surface area contributed by atoms with Crippen LogP contribution in [0.1, 0.15) is 11.6 Å². The summed E-state index contributed by atoms with van der Waals surface area (Å²) in [5.74, 6) is 0. The summed E-state index contributed by atoms with van der Waals surface area (Å²) in [5.41, 5.74) is 5.57. The van der Waals surface area contributed by atoms with Crippen LogP contribution in [0, 0.1) is 0 Å². The van der Waals surface area contributed by atoms with E-state index in [4.69, 9.17) is 11.6 Å². The third-order valence-corrected chi connectivity index (χ3v) is 4.00. The Morgan fingerprint density at radius 1 is 1.14 bits per heavy atom. The van der Waals surface area contributed by atoms with Crippen molar-refractivity contribution in [1.82, 2.24) is 5.43 Å². The first-order valence-corrected chi connectivity index (χ1v) is 7.81. The molecule has 110 valence electrons. The number of nitrogens with zero attached hydrogens (tertiary/aromatic N) is 3. The molecule has 0 radical (unpaired) electrons. The van der Waals surface area contributed by atoms with Gasteiger partial charge in [-0.3, -0.25) is 10.4 Å². The number of rotatable bonds is 3.